The number of hydrogen-bond acceptors (Lipinski definition) is 6. The molecule has 1 amide bonds. The van der Waals surface area contributed by atoms with E-state index in [4.69, 9.17) is 4.74 Å². The Labute approximate surface area is 142 Å². The number of carbonyl (C=O) groups excluding carboxylic acids is 2. The quantitative estimate of drug-likeness (QED) is 0.655. The lowest BCUT2D eigenvalue weighted by atomic mass is 10.2. The van der Waals surface area contributed by atoms with Crippen molar-refractivity contribution in [3.8, 4) is 0 Å². The van der Waals surface area contributed by atoms with Crippen molar-refractivity contribution < 1.29 is 19.1 Å². The zero-order chi connectivity index (χ0) is 17.2. The lowest BCUT2D eigenvalue weighted by Crippen LogP contribution is -2.39. The number of nitrogens with zero attached hydrogens (tertiary/aromatic N) is 3. The fraction of sp³-hybridized carbons (Fsp3) is 0.588. The van der Waals surface area contributed by atoms with Crippen LogP contribution >= 0.6 is 0 Å². The normalized spacial score (nSPS) is 15.0. The van der Waals surface area contributed by atoms with Crippen molar-refractivity contribution in [2.45, 2.75) is 12.8 Å². The highest BCUT2D eigenvalue weighted by Gasteiger charge is 2.18. The first kappa shape index (κ1) is 18.4. The molecule has 1 aromatic heterocycles. The molecule has 1 saturated heterocycles. The molecule has 2 heterocycles. The number of pyridine rings is 1. The Kier molecular flexibility index (Phi) is 7.64. The van der Waals surface area contributed by atoms with Gasteiger partial charge in [-0.3, -0.25) is 19.5 Å². The summed E-state index contributed by atoms with van der Waals surface area (Å²) in [4.78, 5) is 32.1. The lowest BCUT2D eigenvalue weighted by molar-refractivity contribution is -0.140. The van der Waals surface area contributed by atoms with Crippen molar-refractivity contribution in [3.05, 3.63) is 30.1 Å². The molecule has 7 heteroatoms. The SMILES string of the molecule is COC(=O)CCN(CCCN1CCOCC1)C(=O)c1cccnc1. The maximum atomic E-state index is 12.6. The van der Waals surface area contributed by atoms with Gasteiger partial charge in [-0.1, -0.05) is 0 Å². The minimum atomic E-state index is -0.313. The van der Waals surface area contributed by atoms with Crippen molar-refractivity contribution in [1.82, 2.24) is 14.8 Å². The number of methoxy groups -OCH3 is 1. The van der Waals surface area contributed by atoms with E-state index < -0.39 is 0 Å². The summed E-state index contributed by atoms with van der Waals surface area (Å²) in [5, 5.41) is 0. The summed E-state index contributed by atoms with van der Waals surface area (Å²) >= 11 is 0. The minimum Gasteiger partial charge on any atom is -0.469 e. The van der Waals surface area contributed by atoms with Gasteiger partial charge in [-0.15, -0.1) is 0 Å². The molecule has 2 rings (SSSR count). The van der Waals surface area contributed by atoms with E-state index in [2.05, 4.69) is 14.6 Å². The highest BCUT2D eigenvalue weighted by atomic mass is 16.5. The van der Waals surface area contributed by atoms with Crippen LogP contribution in [-0.2, 0) is 14.3 Å². The van der Waals surface area contributed by atoms with E-state index in [0.29, 0.717) is 18.7 Å². The van der Waals surface area contributed by atoms with Crippen LogP contribution in [0.2, 0.25) is 0 Å². The number of ether oxygens (including phenoxy) is 2. The average Bonchev–Trinajstić information content (AvgIpc) is 2.65. The largest absolute Gasteiger partial charge is 0.469 e. The van der Waals surface area contributed by atoms with Crippen LogP contribution in [0.1, 0.15) is 23.2 Å². The van der Waals surface area contributed by atoms with Gasteiger partial charge in [0.25, 0.3) is 5.91 Å². The molecule has 0 atom stereocenters. The van der Waals surface area contributed by atoms with Crippen molar-refractivity contribution >= 4 is 11.9 Å². The van der Waals surface area contributed by atoms with Gasteiger partial charge in [-0.25, -0.2) is 0 Å². The molecule has 132 valence electrons. The lowest BCUT2D eigenvalue weighted by Gasteiger charge is -2.28. The first-order chi connectivity index (χ1) is 11.7. The summed E-state index contributed by atoms with van der Waals surface area (Å²) in [7, 11) is 1.36. The van der Waals surface area contributed by atoms with Gasteiger partial charge >= 0.3 is 5.97 Å². The van der Waals surface area contributed by atoms with E-state index in [1.165, 1.54) is 7.11 Å². The van der Waals surface area contributed by atoms with Crippen LogP contribution in [0, 0.1) is 0 Å². The number of rotatable bonds is 8. The number of esters is 1. The van der Waals surface area contributed by atoms with E-state index >= 15 is 0 Å². The zero-order valence-corrected chi connectivity index (χ0v) is 14.1. The standard InChI is InChI=1S/C17H25N3O4/c1-23-16(21)5-9-20(17(22)15-4-2-6-18-14-15)8-3-7-19-10-12-24-13-11-19/h2,4,6,14H,3,5,7-13H2,1H3. The predicted octanol–water partition coefficient (Wildman–Crippen LogP) is 0.809. The number of carbonyl (C=O) groups is 2. The van der Waals surface area contributed by atoms with Crippen molar-refractivity contribution in [2.75, 3.05) is 53.0 Å². The van der Waals surface area contributed by atoms with Gasteiger partial charge in [-0.05, 0) is 18.6 Å². The van der Waals surface area contributed by atoms with Crippen LogP contribution < -0.4 is 0 Å². The van der Waals surface area contributed by atoms with E-state index in [9.17, 15) is 9.59 Å². The average molecular weight is 335 g/mol. The van der Waals surface area contributed by atoms with E-state index in [0.717, 1.165) is 39.3 Å². The molecule has 24 heavy (non-hydrogen) atoms. The van der Waals surface area contributed by atoms with Crippen molar-refractivity contribution in [3.63, 3.8) is 0 Å². The smallest absolute Gasteiger partial charge is 0.307 e. The maximum Gasteiger partial charge on any atom is 0.307 e. The summed E-state index contributed by atoms with van der Waals surface area (Å²) in [6.07, 6.45) is 4.23. The Balaban J connectivity index is 1.89. The summed E-state index contributed by atoms with van der Waals surface area (Å²) in [6, 6.07) is 3.47. The van der Waals surface area contributed by atoms with Gasteiger partial charge in [-0.2, -0.15) is 0 Å². The molecule has 0 aliphatic carbocycles. The minimum absolute atomic E-state index is 0.103. The van der Waals surface area contributed by atoms with E-state index in [1.54, 1.807) is 29.4 Å². The summed E-state index contributed by atoms with van der Waals surface area (Å²) in [5.41, 5.74) is 0.536. The summed E-state index contributed by atoms with van der Waals surface area (Å²) in [5.74, 6) is -0.416. The second kappa shape index (κ2) is 10.00. The summed E-state index contributed by atoms with van der Waals surface area (Å²) < 4.78 is 10.0. The Hall–Kier alpha value is -1.99. The molecule has 1 aliphatic heterocycles. The molecule has 0 spiro atoms. The highest BCUT2D eigenvalue weighted by molar-refractivity contribution is 5.94. The molecule has 0 bridgehead atoms. The van der Waals surface area contributed by atoms with Crippen molar-refractivity contribution in [2.24, 2.45) is 0 Å². The van der Waals surface area contributed by atoms with Crippen molar-refractivity contribution in [1.29, 1.82) is 0 Å². The van der Waals surface area contributed by atoms with Gasteiger partial charge in [0.15, 0.2) is 0 Å². The van der Waals surface area contributed by atoms with Gasteiger partial charge < -0.3 is 14.4 Å². The monoisotopic (exact) mass is 335 g/mol. The van der Waals surface area contributed by atoms with Crippen LogP contribution in [0.3, 0.4) is 0 Å². The molecule has 0 N–H and O–H groups in total. The second-order valence-electron chi connectivity index (χ2n) is 5.67. The van der Waals surface area contributed by atoms with Gasteiger partial charge in [0.2, 0.25) is 0 Å². The van der Waals surface area contributed by atoms with E-state index in [-0.39, 0.29) is 18.3 Å². The first-order valence-corrected chi connectivity index (χ1v) is 8.27. The van der Waals surface area contributed by atoms with Gasteiger partial charge in [0.05, 0.1) is 32.3 Å². The third-order valence-corrected chi connectivity index (χ3v) is 4.02. The molecule has 7 nitrogen and oxygen atoms in total. The molecule has 0 saturated carbocycles. The molecule has 0 aromatic carbocycles. The number of morpholine rings is 1. The molecule has 1 aliphatic rings. The Morgan fingerprint density at radius 3 is 2.79 bits per heavy atom. The highest BCUT2D eigenvalue weighted by Crippen LogP contribution is 2.07. The van der Waals surface area contributed by atoms with Crippen LogP contribution in [0.15, 0.2) is 24.5 Å². The topological polar surface area (TPSA) is 72.0 Å². The number of aromatic nitrogens is 1. The Morgan fingerprint density at radius 2 is 2.12 bits per heavy atom. The maximum absolute atomic E-state index is 12.6. The van der Waals surface area contributed by atoms with Gasteiger partial charge in [0, 0.05) is 45.1 Å². The number of hydrogen-bond donors (Lipinski definition) is 0. The predicted molar refractivity (Wildman–Crippen MR) is 88.6 cm³/mol. The molecule has 1 fully saturated rings. The summed E-state index contributed by atoms with van der Waals surface area (Å²) in [6.45, 7) is 5.25. The second-order valence-corrected chi connectivity index (χ2v) is 5.67. The first-order valence-electron chi connectivity index (χ1n) is 8.27. The fourth-order valence-corrected chi connectivity index (χ4v) is 2.62. The van der Waals surface area contributed by atoms with Crippen LogP contribution in [0.5, 0.6) is 0 Å². The number of amides is 1. The van der Waals surface area contributed by atoms with Crippen LogP contribution in [0.25, 0.3) is 0 Å². The molecular formula is C17H25N3O4. The third-order valence-electron chi connectivity index (χ3n) is 4.02. The Bertz CT molecular complexity index is 518. The van der Waals surface area contributed by atoms with Crippen LogP contribution in [0.4, 0.5) is 0 Å². The molecule has 1 aromatic rings. The van der Waals surface area contributed by atoms with Gasteiger partial charge in [0.1, 0.15) is 0 Å². The van der Waals surface area contributed by atoms with Crippen LogP contribution in [-0.4, -0.2) is 79.7 Å². The fourth-order valence-electron chi connectivity index (χ4n) is 2.62. The molecule has 0 unspecified atom stereocenters. The van der Waals surface area contributed by atoms with E-state index in [1.807, 2.05) is 0 Å². The zero-order valence-electron chi connectivity index (χ0n) is 14.1. The molecule has 0 radical (unpaired) electrons. The third kappa shape index (κ3) is 5.90. The Morgan fingerprint density at radius 1 is 1.33 bits per heavy atom. The molecular weight excluding hydrogens is 310 g/mol.